The van der Waals surface area contributed by atoms with Crippen LogP contribution in [0.3, 0.4) is 0 Å². The number of aromatic nitrogens is 7. The average molecular weight is 1060 g/mol. The lowest BCUT2D eigenvalue weighted by Crippen LogP contribution is -2.21. The molecular weight excluding hydrogens is 1040 g/mol. The van der Waals surface area contributed by atoms with Crippen LogP contribution in [0, 0.1) is 3.01 Å². The van der Waals surface area contributed by atoms with Crippen LogP contribution in [-0.2, 0) is 17.1 Å². The number of pyridine rings is 1. The molecule has 0 saturated heterocycles. The number of alkyl halides is 9. The van der Waals surface area contributed by atoms with Crippen molar-refractivity contribution in [3.8, 4) is 56.3 Å². The zero-order valence-electron chi connectivity index (χ0n) is 32.6. The molecule has 0 amide bonds. The van der Waals surface area contributed by atoms with Crippen LogP contribution in [-0.4, -0.2) is 52.1 Å². The lowest BCUT2D eigenvalue weighted by Gasteiger charge is -2.09. The number of fused-ring (bicyclic) bond motifs is 2. The first kappa shape index (κ1) is 47.1. The maximum Gasteiger partial charge on any atom is 0.490 e. The lowest BCUT2D eigenvalue weighted by atomic mass is 10.1. The molecule has 66 heavy (non-hydrogen) atoms. The molecule has 9 aromatic rings. The van der Waals surface area contributed by atoms with E-state index in [0.29, 0.717) is 39.5 Å². The maximum absolute atomic E-state index is 12.8. The minimum atomic E-state index is -5.08. The van der Waals surface area contributed by atoms with E-state index < -0.39 is 35.6 Å². The Morgan fingerprint density at radius 2 is 1.00 bits per heavy atom. The first-order chi connectivity index (χ1) is 31.3. The standard InChI is InChI=1S/C23H13F3N4OS.C18H9F3IN3OS.C2HF3O2/c24-23(25,26)16-6-4-14(5-7-16)17-12-20(29-13-28-17)31-18-2-1-3-19-21(18)30-22(32-19)15-8-10-27-11-9-15;19-18(20,21)11-6-4-10(5-7-11)12-8-15(24-9-23-12)26-13-2-1-3-14-16(13)25-17(22)27-14;3-2(4,5)1(6)7/h1-13H;1-9H;(H,6,7). The molecule has 23 heteroatoms. The number of thiazole rings is 2. The molecule has 0 aliphatic heterocycles. The summed E-state index contributed by atoms with van der Waals surface area (Å²) in [5.41, 5.74) is 2.95. The van der Waals surface area contributed by atoms with Crippen molar-refractivity contribution in [2.24, 2.45) is 0 Å². The van der Waals surface area contributed by atoms with E-state index in [-0.39, 0.29) is 11.8 Å². The molecule has 0 radical (unpaired) electrons. The summed E-state index contributed by atoms with van der Waals surface area (Å²) in [5.74, 6) is -1.12. The fourth-order valence-electron chi connectivity index (χ4n) is 5.59. The number of carboxylic acids is 1. The van der Waals surface area contributed by atoms with Gasteiger partial charge in [0, 0.05) is 41.2 Å². The van der Waals surface area contributed by atoms with Crippen molar-refractivity contribution in [2.75, 3.05) is 0 Å². The number of carboxylic acid groups (broad SMARTS) is 1. The van der Waals surface area contributed by atoms with Crippen LogP contribution in [0.15, 0.2) is 134 Å². The number of para-hydroxylation sites is 2. The molecule has 11 nitrogen and oxygen atoms in total. The number of ether oxygens (including phenoxy) is 2. The topological polar surface area (TPSA) is 146 Å². The Hall–Kier alpha value is -6.86. The highest BCUT2D eigenvalue weighted by molar-refractivity contribution is 14.1. The molecule has 9 rings (SSSR count). The van der Waals surface area contributed by atoms with Gasteiger partial charge in [-0.2, -0.15) is 39.5 Å². The number of carbonyl (C=O) groups is 1. The smallest absolute Gasteiger partial charge is 0.475 e. The van der Waals surface area contributed by atoms with Crippen molar-refractivity contribution in [3.63, 3.8) is 0 Å². The van der Waals surface area contributed by atoms with Gasteiger partial charge in [0.05, 0.1) is 31.9 Å². The van der Waals surface area contributed by atoms with Crippen LogP contribution in [0.25, 0.3) is 53.5 Å². The molecule has 0 aliphatic rings. The van der Waals surface area contributed by atoms with Gasteiger partial charge in [-0.3, -0.25) is 4.98 Å². The molecule has 5 aromatic heterocycles. The highest BCUT2D eigenvalue weighted by atomic mass is 127. The maximum atomic E-state index is 12.8. The van der Waals surface area contributed by atoms with Gasteiger partial charge in [-0.05, 0) is 83.3 Å². The molecule has 0 fully saturated rings. The van der Waals surface area contributed by atoms with Gasteiger partial charge in [0.2, 0.25) is 11.8 Å². The summed E-state index contributed by atoms with van der Waals surface area (Å²) in [6, 6.07) is 27.7. The molecule has 0 unspecified atom stereocenters. The summed E-state index contributed by atoms with van der Waals surface area (Å²) in [5, 5.41) is 7.96. The van der Waals surface area contributed by atoms with Crippen LogP contribution in [0.5, 0.6) is 23.3 Å². The lowest BCUT2D eigenvalue weighted by molar-refractivity contribution is -0.192. The van der Waals surface area contributed by atoms with Crippen molar-refractivity contribution >= 4 is 71.7 Å². The van der Waals surface area contributed by atoms with Crippen LogP contribution in [0.1, 0.15) is 11.1 Å². The molecule has 0 aliphatic carbocycles. The van der Waals surface area contributed by atoms with E-state index in [1.54, 1.807) is 48.0 Å². The van der Waals surface area contributed by atoms with Gasteiger partial charge in [-0.1, -0.05) is 36.4 Å². The van der Waals surface area contributed by atoms with Gasteiger partial charge in [-0.15, -0.1) is 22.7 Å². The molecule has 0 saturated carbocycles. The number of hydrogen-bond acceptors (Lipinski definition) is 12. The van der Waals surface area contributed by atoms with Gasteiger partial charge >= 0.3 is 24.5 Å². The summed E-state index contributed by atoms with van der Waals surface area (Å²) >= 11 is 5.23. The molecule has 0 atom stereocenters. The van der Waals surface area contributed by atoms with E-state index in [2.05, 4.69) is 52.5 Å². The van der Waals surface area contributed by atoms with E-state index in [4.69, 9.17) is 24.4 Å². The van der Waals surface area contributed by atoms with Crippen molar-refractivity contribution in [1.82, 2.24) is 34.9 Å². The predicted molar refractivity (Wildman–Crippen MR) is 234 cm³/mol. The van der Waals surface area contributed by atoms with Crippen molar-refractivity contribution < 1.29 is 58.9 Å². The minimum absolute atomic E-state index is 0.265. The third kappa shape index (κ3) is 11.9. The summed E-state index contributed by atoms with van der Waals surface area (Å²) < 4.78 is 123. The Kier molecular flexibility index (Phi) is 14.1. The minimum Gasteiger partial charge on any atom is -0.475 e. The zero-order valence-corrected chi connectivity index (χ0v) is 36.4. The van der Waals surface area contributed by atoms with Gasteiger partial charge in [0.15, 0.2) is 14.5 Å². The Balaban J connectivity index is 0.000000174. The molecule has 5 heterocycles. The number of hydrogen-bond donors (Lipinski definition) is 1. The largest absolute Gasteiger partial charge is 0.490 e. The molecule has 0 spiro atoms. The van der Waals surface area contributed by atoms with Crippen LogP contribution >= 0.6 is 45.3 Å². The summed E-state index contributed by atoms with van der Waals surface area (Å²) in [7, 11) is 0. The average Bonchev–Trinajstić information content (AvgIpc) is 3.91. The Bertz CT molecular complexity index is 3120. The fraction of sp³-hybridized carbons (Fsp3) is 0.0698. The van der Waals surface area contributed by atoms with E-state index in [0.717, 1.165) is 52.8 Å². The number of nitrogens with zero attached hydrogens (tertiary/aromatic N) is 7. The quantitative estimate of drug-likeness (QED) is 0.120. The zero-order chi connectivity index (χ0) is 47.2. The van der Waals surface area contributed by atoms with Gasteiger partial charge < -0.3 is 14.6 Å². The molecule has 1 N–H and O–H groups in total. The Morgan fingerprint density at radius 1 is 0.561 bits per heavy atom. The Morgan fingerprint density at radius 3 is 1.44 bits per heavy atom. The van der Waals surface area contributed by atoms with Crippen LogP contribution in [0.4, 0.5) is 39.5 Å². The summed E-state index contributed by atoms with van der Waals surface area (Å²) in [4.78, 5) is 38.6. The van der Waals surface area contributed by atoms with Crippen molar-refractivity contribution in [2.45, 2.75) is 18.5 Å². The number of aliphatic carboxylic acids is 1. The number of halogens is 10. The SMILES string of the molecule is FC(F)(F)c1ccc(-c2cc(Oc3cccc4sc(-c5ccncc5)nc34)ncn2)cc1.FC(F)(F)c1ccc(-c2cc(Oc3cccc4sc(I)nc34)ncn2)cc1.O=C(O)C(F)(F)F. The second-order valence-electron chi connectivity index (χ2n) is 13.1. The monoisotopic (exact) mass is 1060 g/mol. The van der Waals surface area contributed by atoms with Crippen molar-refractivity contribution in [3.05, 3.63) is 148 Å². The predicted octanol–water partition coefficient (Wildman–Crippen LogP) is 13.4. The third-order valence-corrected chi connectivity index (χ3v) is 11.4. The molecule has 4 aromatic carbocycles. The Labute approximate surface area is 386 Å². The number of benzene rings is 4. The van der Waals surface area contributed by atoms with Gasteiger partial charge in [0.25, 0.3) is 0 Å². The molecule has 0 bridgehead atoms. The van der Waals surface area contributed by atoms with Crippen LogP contribution in [0.2, 0.25) is 0 Å². The van der Waals surface area contributed by atoms with E-state index in [9.17, 15) is 39.5 Å². The van der Waals surface area contributed by atoms with Crippen molar-refractivity contribution in [1.29, 1.82) is 0 Å². The van der Waals surface area contributed by atoms with Gasteiger partial charge in [-0.25, -0.2) is 34.7 Å². The normalized spacial score (nSPS) is 11.6. The highest BCUT2D eigenvalue weighted by Gasteiger charge is 2.38. The van der Waals surface area contributed by atoms with Gasteiger partial charge in [0.1, 0.15) is 28.7 Å². The van der Waals surface area contributed by atoms with E-state index in [1.165, 1.54) is 48.3 Å². The van der Waals surface area contributed by atoms with E-state index >= 15 is 0 Å². The second-order valence-corrected chi connectivity index (χ2v) is 16.9. The fourth-order valence-corrected chi connectivity index (χ4v) is 8.24. The second kappa shape index (κ2) is 19.7. The molecule has 336 valence electrons. The molecular formula is C43H23F9IN7O4S2. The first-order valence-electron chi connectivity index (χ1n) is 18.3. The first-order valence-corrected chi connectivity index (χ1v) is 21.0. The third-order valence-electron chi connectivity index (χ3n) is 8.64. The van der Waals surface area contributed by atoms with E-state index in [1.807, 2.05) is 36.4 Å². The van der Waals surface area contributed by atoms with Crippen LogP contribution < -0.4 is 9.47 Å². The summed E-state index contributed by atoms with van der Waals surface area (Å²) in [6.07, 6.45) is -7.80. The number of rotatable bonds is 7. The highest BCUT2D eigenvalue weighted by Crippen LogP contribution is 2.38. The summed E-state index contributed by atoms with van der Waals surface area (Å²) in [6.45, 7) is 0.